The first-order valence-electron chi connectivity index (χ1n) is 11.4. The van der Waals surface area contributed by atoms with Crippen LogP contribution in [0.3, 0.4) is 0 Å². The highest BCUT2D eigenvalue weighted by Crippen LogP contribution is 2.30. The van der Waals surface area contributed by atoms with E-state index in [0.717, 1.165) is 12.8 Å². The lowest BCUT2D eigenvalue weighted by molar-refractivity contribution is 0.0168. The number of amides is 2. The smallest absolute Gasteiger partial charge is 0.410 e. The molecule has 188 valence electrons. The summed E-state index contributed by atoms with van der Waals surface area (Å²) in [6.45, 7) is 6.38. The Morgan fingerprint density at radius 1 is 1.28 bits per heavy atom. The summed E-state index contributed by atoms with van der Waals surface area (Å²) in [6.07, 6.45) is 2.38. The van der Waals surface area contributed by atoms with E-state index in [2.05, 4.69) is 25.4 Å². The summed E-state index contributed by atoms with van der Waals surface area (Å²) in [6, 6.07) is 4.71. The van der Waals surface area contributed by atoms with Crippen LogP contribution in [0.15, 0.2) is 28.9 Å². The highest BCUT2D eigenvalue weighted by atomic mass is 35.5. The van der Waals surface area contributed by atoms with E-state index in [1.807, 2.05) is 20.8 Å². The SMILES string of the molecule is CC(C)(C)OC(=O)N1CCC[C@@H](n2nc(C(=O)Nc3nc4cc(Cl)ccc4o3)c3c(N)ncnc32)C1. The molecular formula is C23H25ClN8O4. The second kappa shape index (κ2) is 8.94. The fourth-order valence-corrected chi connectivity index (χ4v) is 4.33. The van der Waals surface area contributed by atoms with E-state index in [4.69, 9.17) is 26.5 Å². The molecule has 1 aliphatic rings. The monoisotopic (exact) mass is 512 g/mol. The molecule has 0 spiro atoms. The van der Waals surface area contributed by atoms with Crippen molar-refractivity contribution in [2.45, 2.75) is 45.3 Å². The molecule has 1 aromatic carbocycles. The van der Waals surface area contributed by atoms with E-state index in [-0.39, 0.29) is 23.6 Å². The Kier molecular flexibility index (Phi) is 5.91. The Morgan fingerprint density at radius 2 is 2.08 bits per heavy atom. The zero-order chi connectivity index (χ0) is 25.6. The first-order chi connectivity index (χ1) is 17.1. The number of halogens is 1. The van der Waals surface area contributed by atoms with E-state index >= 15 is 0 Å². The van der Waals surface area contributed by atoms with E-state index in [1.54, 1.807) is 27.8 Å². The lowest BCUT2D eigenvalue weighted by Gasteiger charge is -2.34. The molecular weight excluding hydrogens is 488 g/mol. The van der Waals surface area contributed by atoms with Gasteiger partial charge in [0.1, 0.15) is 23.3 Å². The van der Waals surface area contributed by atoms with Crippen molar-refractivity contribution in [1.29, 1.82) is 0 Å². The lowest BCUT2D eigenvalue weighted by atomic mass is 10.1. The van der Waals surface area contributed by atoms with Crippen LogP contribution >= 0.6 is 11.6 Å². The minimum atomic E-state index is -0.606. The fraction of sp³-hybridized carbons (Fsp3) is 0.391. The number of benzene rings is 1. The molecule has 36 heavy (non-hydrogen) atoms. The summed E-state index contributed by atoms with van der Waals surface area (Å²) in [7, 11) is 0. The number of nitrogens with zero attached hydrogens (tertiary/aromatic N) is 6. The number of aromatic nitrogens is 5. The summed E-state index contributed by atoms with van der Waals surface area (Å²) in [5, 5.41) is 7.99. The number of anilines is 2. The fourth-order valence-electron chi connectivity index (χ4n) is 4.17. The van der Waals surface area contributed by atoms with Crippen molar-refractivity contribution < 1.29 is 18.7 Å². The standard InChI is InChI=1S/C23H25ClN8O4/c1-23(2,3)36-22(34)31-8-4-5-13(10-31)32-19-16(18(25)26-11-27-19)17(30-32)20(33)29-21-28-14-9-12(24)6-7-15(14)35-21/h6-7,9,11,13H,4-5,8,10H2,1-3H3,(H2,25,26,27)(H,28,29,33)/t13-/m1/s1. The number of piperidine rings is 1. The molecule has 4 aromatic rings. The summed E-state index contributed by atoms with van der Waals surface area (Å²) < 4.78 is 12.8. The summed E-state index contributed by atoms with van der Waals surface area (Å²) in [5.41, 5.74) is 6.92. The maximum atomic E-state index is 13.2. The quantitative estimate of drug-likeness (QED) is 0.414. The molecule has 0 saturated carbocycles. The number of nitrogens with two attached hydrogens (primary N) is 1. The Labute approximate surface area is 210 Å². The maximum Gasteiger partial charge on any atom is 0.410 e. The number of hydrogen-bond donors (Lipinski definition) is 2. The molecule has 2 amide bonds. The highest BCUT2D eigenvalue weighted by Gasteiger charge is 2.32. The number of rotatable bonds is 3. The molecule has 0 radical (unpaired) electrons. The molecule has 13 heteroatoms. The largest absolute Gasteiger partial charge is 0.444 e. The molecule has 3 aromatic heterocycles. The first-order valence-corrected chi connectivity index (χ1v) is 11.8. The van der Waals surface area contributed by atoms with Gasteiger partial charge in [0.15, 0.2) is 16.9 Å². The molecule has 1 fully saturated rings. The second-order valence-electron chi connectivity index (χ2n) is 9.56. The van der Waals surface area contributed by atoms with Crippen LogP contribution in [0.25, 0.3) is 22.1 Å². The summed E-state index contributed by atoms with van der Waals surface area (Å²) in [4.78, 5) is 40.2. The van der Waals surface area contributed by atoms with Crippen molar-refractivity contribution >= 4 is 57.6 Å². The number of carbonyl (C=O) groups is 2. The molecule has 0 bridgehead atoms. The van der Waals surface area contributed by atoms with Crippen molar-refractivity contribution in [3.63, 3.8) is 0 Å². The molecule has 1 saturated heterocycles. The summed E-state index contributed by atoms with van der Waals surface area (Å²) in [5.74, 6) is -0.474. The van der Waals surface area contributed by atoms with Gasteiger partial charge in [-0.15, -0.1) is 0 Å². The third kappa shape index (κ3) is 4.63. The Bertz CT molecular complexity index is 1470. The van der Waals surface area contributed by atoms with Crippen LogP contribution in [0.4, 0.5) is 16.6 Å². The molecule has 1 atom stereocenters. The average Bonchev–Trinajstić information content (AvgIpc) is 3.39. The van der Waals surface area contributed by atoms with Crippen LogP contribution in [0.2, 0.25) is 5.02 Å². The molecule has 0 unspecified atom stereocenters. The summed E-state index contributed by atoms with van der Waals surface area (Å²) >= 11 is 6.01. The lowest BCUT2D eigenvalue weighted by Crippen LogP contribution is -2.43. The number of oxazole rings is 1. The Hall–Kier alpha value is -3.93. The van der Waals surface area contributed by atoms with E-state index in [1.165, 1.54) is 6.33 Å². The average molecular weight is 513 g/mol. The van der Waals surface area contributed by atoms with E-state index < -0.39 is 17.6 Å². The molecule has 1 aliphatic heterocycles. The predicted octanol–water partition coefficient (Wildman–Crippen LogP) is 4.03. The maximum absolute atomic E-state index is 13.2. The van der Waals surface area contributed by atoms with Gasteiger partial charge in [-0.2, -0.15) is 10.1 Å². The van der Waals surface area contributed by atoms with Gasteiger partial charge in [-0.3, -0.25) is 10.1 Å². The van der Waals surface area contributed by atoms with E-state index in [0.29, 0.717) is 40.2 Å². The number of nitrogen functional groups attached to an aromatic ring is 1. The zero-order valence-electron chi connectivity index (χ0n) is 20.0. The van der Waals surface area contributed by atoms with Gasteiger partial charge in [0.05, 0.1) is 11.4 Å². The van der Waals surface area contributed by atoms with Gasteiger partial charge >= 0.3 is 12.1 Å². The molecule has 5 rings (SSSR count). The van der Waals surface area contributed by atoms with Gasteiger partial charge in [0, 0.05) is 18.1 Å². The van der Waals surface area contributed by atoms with Crippen LogP contribution < -0.4 is 11.1 Å². The number of ether oxygens (including phenoxy) is 1. The molecule has 0 aliphatic carbocycles. The Balaban J connectivity index is 1.45. The zero-order valence-corrected chi connectivity index (χ0v) is 20.7. The number of likely N-dealkylation sites (tertiary alicyclic amines) is 1. The predicted molar refractivity (Wildman–Crippen MR) is 133 cm³/mol. The number of nitrogens with one attached hydrogen (secondary N) is 1. The topological polar surface area (TPSA) is 154 Å². The van der Waals surface area contributed by atoms with Gasteiger partial charge in [-0.1, -0.05) is 11.6 Å². The van der Waals surface area contributed by atoms with Crippen molar-refractivity contribution in [3.05, 3.63) is 35.2 Å². The highest BCUT2D eigenvalue weighted by molar-refractivity contribution is 6.31. The minimum Gasteiger partial charge on any atom is -0.444 e. The van der Waals surface area contributed by atoms with Crippen molar-refractivity contribution in [2.24, 2.45) is 0 Å². The van der Waals surface area contributed by atoms with Gasteiger partial charge in [0.2, 0.25) is 0 Å². The molecule has 3 N–H and O–H groups in total. The van der Waals surface area contributed by atoms with Gasteiger partial charge in [0.25, 0.3) is 5.91 Å². The number of fused-ring (bicyclic) bond motifs is 2. The number of carbonyl (C=O) groups excluding carboxylic acids is 2. The van der Waals surface area contributed by atoms with Crippen molar-refractivity contribution in [3.8, 4) is 0 Å². The normalized spacial score (nSPS) is 16.4. The van der Waals surface area contributed by atoms with Crippen molar-refractivity contribution in [1.82, 2.24) is 29.6 Å². The number of hydrogen-bond acceptors (Lipinski definition) is 9. The third-order valence-electron chi connectivity index (χ3n) is 5.70. The van der Waals surface area contributed by atoms with Crippen LogP contribution in [-0.4, -0.2) is 60.3 Å². The van der Waals surface area contributed by atoms with Crippen molar-refractivity contribution in [2.75, 3.05) is 24.1 Å². The van der Waals surface area contributed by atoms with Crippen LogP contribution in [0, 0.1) is 0 Å². The molecule has 4 heterocycles. The molecule has 12 nitrogen and oxygen atoms in total. The Morgan fingerprint density at radius 3 is 2.86 bits per heavy atom. The van der Waals surface area contributed by atoms with Crippen LogP contribution in [0.1, 0.15) is 50.1 Å². The van der Waals surface area contributed by atoms with E-state index in [9.17, 15) is 9.59 Å². The van der Waals surface area contributed by atoms with Gasteiger partial charge < -0.3 is 19.8 Å². The van der Waals surface area contributed by atoms with Crippen LogP contribution in [0.5, 0.6) is 0 Å². The minimum absolute atomic E-state index is 0.0100. The second-order valence-corrected chi connectivity index (χ2v) is 9.99. The first kappa shape index (κ1) is 23.8. The van der Waals surface area contributed by atoms with Gasteiger partial charge in [-0.05, 0) is 51.8 Å². The third-order valence-corrected chi connectivity index (χ3v) is 5.93. The van der Waals surface area contributed by atoms with Gasteiger partial charge in [-0.25, -0.2) is 19.4 Å². The van der Waals surface area contributed by atoms with Crippen LogP contribution in [-0.2, 0) is 4.74 Å².